The van der Waals surface area contributed by atoms with Crippen molar-refractivity contribution in [2.24, 2.45) is 0 Å². The summed E-state index contributed by atoms with van der Waals surface area (Å²) in [4.78, 5) is 5.69. The molecule has 96 valence electrons. The van der Waals surface area contributed by atoms with E-state index in [9.17, 15) is 0 Å². The topological polar surface area (TPSA) is 31.1 Å². The Labute approximate surface area is 108 Å². The number of fused-ring (bicyclic) bond motifs is 1. The molecule has 1 aliphatic rings. The van der Waals surface area contributed by atoms with Gasteiger partial charge in [0.1, 0.15) is 0 Å². The summed E-state index contributed by atoms with van der Waals surface area (Å²) in [5, 5.41) is 4.88. The van der Waals surface area contributed by atoms with E-state index < -0.39 is 0 Å². The number of H-pyrrole nitrogens is 1. The van der Waals surface area contributed by atoms with E-state index in [1.165, 1.54) is 35.9 Å². The summed E-state index contributed by atoms with van der Waals surface area (Å²) >= 11 is 0. The maximum Gasteiger partial charge on any atom is 0.0454 e. The molecule has 1 aromatic carbocycles. The Hall–Kier alpha value is -1.32. The van der Waals surface area contributed by atoms with Gasteiger partial charge in [-0.2, -0.15) is 0 Å². The normalized spacial score (nSPS) is 20.8. The van der Waals surface area contributed by atoms with Gasteiger partial charge in [0.05, 0.1) is 0 Å². The van der Waals surface area contributed by atoms with Gasteiger partial charge in [-0.15, -0.1) is 0 Å². The number of nitrogens with one attached hydrogen (secondary N) is 2. The van der Waals surface area contributed by atoms with Gasteiger partial charge in [0, 0.05) is 30.8 Å². The third-order valence-electron chi connectivity index (χ3n) is 4.00. The molecular weight excluding hydrogens is 222 g/mol. The fourth-order valence-corrected chi connectivity index (χ4v) is 2.83. The lowest BCUT2D eigenvalue weighted by Crippen LogP contribution is -2.35. The Morgan fingerprint density at radius 2 is 2.33 bits per heavy atom. The third kappa shape index (κ3) is 2.42. The molecule has 1 unspecified atom stereocenters. The Bertz CT molecular complexity index is 517. The molecule has 0 bridgehead atoms. The van der Waals surface area contributed by atoms with E-state index in [1.807, 2.05) is 6.20 Å². The van der Waals surface area contributed by atoms with Crippen molar-refractivity contribution >= 4 is 10.9 Å². The maximum absolute atomic E-state index is 3.58. The number of nitrogens with zero attached hydrogens (tertiary/aromatic N) is 1. The summed E-state index contributed by atoms with van der Waals surface area (Å²) in [5.41, 5.74) is 2.58. The lowest BCUT2D eigenvalue weighted by atomic mass is 10.1. The molecule has 1 saturated heterocycles. The first-order valence-corrected chi connectivity index (χ1v) is 6.80. The largest absolute Gasteiger partial charge is 0.361 e. The van der Waals surface area contributed by atoms with Gasteiger partial charge in [-0.05, 0) is 55.6 Å². The van der Waals surface area contributed by atoms with E-state index in [-0.39, 0.29) is 0 Å². The van der Waals surface area contributed by atoms with Crippen LogP contribution in [0.15, 0.2) is 30.5 Å². The van der Waals surface area contributed by atoms with Crippen molar-refractivity contribution in [3.05, 3.63) is 36.0 Å². The summed E-state index contributed by atoms with van der Waals surface area (Å²) < 4.78 is 0. The number of aromatic nitrogens is 1. The van der Waals surface area contributed by atoms with Crippen LogP contribution >= 0.6 is 0 Å². The lowest BCUT2D eigenvalue weighted by molar-refractivity contribution is 0.300. The highest BCUT2D eigenvalue weighted by atomic mass is 15.2. The minimum absolute atomic E-state index is 0.723. The number of likely N-dealkylation sites (tertiary alicyclic amines) is 1. The number of rotatable bonds is 4. The van der Waals surface area contributed by atoms with Crippen molar-refractivity contribution in [3.8, 4) is 0 Å². The van der Waals surface area contributed by atoms with Gasteiger partial charge >= 0.3 is 0 Å². The zero-order chi connectivity index (χ0) is 12.4. The van der Waals surface area contributed by atoms with Crippen LogP contribution in [0.5, 0.6) is 0 Å². The molecular formula is C15H21N3. The van der Waals surface area contributed by atoms with E-state index in [0.717, 1.165) is 19.1 Å². The van der Waals surface area contributed by atoms with E-state index in [4.69, 9.17) is 0 Å². The molecule has 3 heteroatoms. The molecule has 3 rings (SSSR count). The summed E-state index contributed by atoms with van der Waals surface area (Å²) in [5.74, 6) is 0. The first-order chi connectivity index (χ1) is 8.83. The Morgan fingerprint density at radius 1 is 1.39 bits per heavy atom. The van der Waals surface area contributed by atoms with Crippen molar-refractivity contribution in [3.63, 3.8) is 0 Å². The van der Waals surface area contributed by atoms with Gasteiger partial charge in [-0.1, -0.05) is 6.07 Å². The smallest absolute Gasteiger partial charge is 0.0454 e. The first-order valence-electron chi connectivity index (χ1n) is 6.80. The Kier molecular flexibility index (Phi) is 3.35. The van der Waals surface area contributed by atoms with Crippen LogP contribution in [-0.2, 0) is 6.54 Å². The second-order valence-electron chi connectivity index (χ2n) is 5.31. The third-order valence-corrected chi connectivity index (χ3v) is 4.00. The average Bonchev–Trinajstić information content (AvgIpc) is 2.98. The van der Waals surface area contributed by atoms with Gasteiger partial charge < -0.3 is 15.2 Å². The average molecular weight is 243 g/mol. The number of hydrogen-bond donors (Lipinski definition) is 2. The molecule has 0 spiro atoms. The highest BCUT2D eigenvalue weighted by molar-refractivity contribution is 5.79. The molecule has 0 amide bonds. The molecule has 2 heterocycles. The standard InChI is InChI=1S/C15H21N3/c1-18-8-2-3-14(18)11-16-10-12-4-5-15-13(9-12)6-7-17-15/h4-7,9,14,16-17H,2-3,8,10-11H2,1H3. The van der Waals surface area contributed by atoms with Crippen LogP contribution in [0.2, 0.25) is 0 Å². The summed E-state index contributed by atoms with van der Waals surface area (Å²) in [6.45, 7) is 3.31. The van der Waals surface area contributed by atoms with Crippen LogP contribution in [0, 0.1) is 0 Å². The Balaban J connectivity index is 1.56. The van der Waals surface area contributed by atoms with Crippen LogP contribution in [0.3, 0.4) is 0 Å². The van der Waals surface area contributed by atoms with Crippen molar-refractivity contribution in [2.45, 2.75) is 25.4 Å². The van der Waals surface area contributed by atoms with Crippen molar-refractivity contribution in [1.29, 1.82) is 0 Å². The highest BCUT2D eigenvalue weighted by Crippen LogP contribution is 2.15. The van der Waals surface area contributed by atoms with Crippen LogP contribution in [0.1, 0.15) is 18.4 Å². The number of hydrogen-bond acceptors (Lipinski definition) is 2. The molecule has 2 N–H and O–H groups in total. The first kappa shape index (κ1) is 11.8. The quantitative estimate of drug-likeness (QED) is 0.863. The molecule has 1 fully saturated rings. The van der Waals surface area contributed by atoms with Crippen molar-refractivity contribution < 1.29 is 0 Å². The zero-order valence-electron chi connectivity index (χ0n) is 10.9. The molecule has 1 aliphatic heterocycles. The second kappa shape index (κ2) is 5.12. The summed E-state index contributed by atoms with van der Waals surface area (Å²) in [7, 11) is 2.23. The molecule has 0 aliphatic carbocycles. The van der Waals surface area contributed by atoms with Crippen molar-refractivity contribution in [1.82, 2.24) is 15.2 Å². The zero-order valence-corrected chi connectivity index (χ0v) is 10.9. The number of likely N-dealkylation sites (N-methyl/N-ethyl adjacent to an activating group) is 1. The van der Waals surface area contributed by atoms with E-state index in [0.29, 0.717) is 0 Å². The fourth-order valence-electron chi connectivity index (χ4n) is 2.83. The molecule has 1 aromatic heterocycles. The van der Waals surface area contributed by atoms with Gasteiger partial charge in [-0.25, -0.2) is 0 Å². The predicted molar refractivity (Wildman–Crippen MR) is 75.7 cm³/mol. The lowest BCUT2D eigenvalue weighted by Gasteiger charge is -2.19. The molecule has 3 nitrogen and oxygen atoms in total. The van der Waals surface area contributed by atoms with Crippen LogP contribution in [-0.4, -0.2) is 36.1 Å². The maximum atomic E-state index is 3.58. The van der Waals surface area contributed by atoms with Crippen LogP contribution in [0.25, 0.3) is 10.9 Å². The van der Waals surface area contributed by atoms with Crippen molar-refractivity contribution in [2.75, 3.05) is 20.1 Å². The van der Waals surface area contributed by atoms with Gasteiger partial charge in [-0.3, -0.25) is 0 Å². The van der Waals surface area contributed by atoms with E-state index in [2.05, 4.69) is 46.5 Å². The Morgan fingerprint density at radius 3 is 3.17 bits per heavy atom. The van der Waals surface area contributed by atoms with E-state index in [1.54, 1.807) is 0 Å². The molecule has 2 aromatic rings. The van der Waals surface area contributed by atoms with Crippen LogP contribution < -0.4 is 5.32 Å². The molecule has 0 saturated carbocycles. The summed E-state index contributed by atoms with van der Waals surface area (Å²) in [6.07, 6.45) is 4.67. The molecule has 18 heavy (non-hydrogen) atoms. The van der Waals surface area contributed by atoms with Gasteiger partial charge in [0.15, 0.2) is 0 Å². The minimum Gasteiger partial charge on any atom is -0.361 e. The molecule has 0 radical (unpaired) electrons. The molecule has 1 atom stereocenters. The highest BCUT2D eigenvalue weighted by Gasteiger charge is 2.19. The second-order valence-corrected chi connectivity index (χ2v) is 5.31. The number of benzene rings is 1. The van der Waals surface area contributed by atoms with Gasteiger partial charge in [0.25, 0.3) is 0 Å². The monoisotopic (exact) mass is 243 g/mol. The van der Waals surface area contributed by atoms with Crippen LogP contribution in [0.4, 0.5) is 0 Å². The summed E-state index contributed by atoms with van der Waals surface area (Å²) in [6, 6.07) is 9.47. The van der Waals surface area contributed by atoms with E-state index >= 15 is 0 Å². The SMILES string of the molecule is CN1CCCC1CNCc1ccc2[nH]ccc2c1. The van der Waals surface area contributed by atoms with Gasteiger partial charge in [0.2, 0.25) is 0 Å². The predicted octanol–water partition coefficient (Wildman–Crippen LogP) is 2.35. The number of aromatic amines is 1. The fraction of sp³-hybridized carbons (Fsp3) is 0.467. The minimum atomic E-state index is 0.723.